The van der Waals surface area contributed by atoms with E-state index in [1.54, 1.807) is 23.6 Å². The average molecular weight is 355 g/mol. The lowest BCUT2D eigenvalue weighted by Gasteiger charge is -2.07. The fourth-order valence-corrected chi connectivity index (χ4v) is 2.66. The zero-order valence-electron chi connectivity index (χ0n) is 10.3. The highest BCUT2D eigenvalue weighted by Crippen LogP contribution is 2.22. The molecule has 2 aromatic rings. The Morgan fingerprint density at radius 2 is 2.15 bits per heavy atom. The zero-order valence-corrected chi connectivity index (χ0v) is 12.7. The van der Waals surface area contributed by atoms with Crippen molar-refractivity contribution in [3.05, 3.63) is 45.7 Å². The number of carbonyl (C=O) groups is 2. The molecule has 0 unspecified atom stereocenters. The molecule has 1 heterocycles. The molecular weight excluding hydrogens is 344 g/mol. The number of halogens is 1. The van der Waals surface area contributed by atoms with Crippen LogP contribution in [0.1, 0.15) is 10.4 Å². The van der Waals surface area contributed by atoms with Gasteiger partial charge in [-0.1, -0.05) is 22.0 Å². The summed E-state index contributed by atoms with van der Waals surface area (Å²) in [6.45, 7) is -0.146. The number of primary amides is 1. The van der Waals surface area contributed by atoms with E-state index in [0.29, 0.717) is 16.3 Å². The van der Waals surface area contributed by atoms with Crippen molar-refractivity contribution in [1.29, 1.82) is 0 Å². The van der Waals surface area contributed by atoms with Crippen molar-refractivity contribution in [2.75, 3.05) is 11.9 Å². The molecule has 5 nitrogen and oxygen atoms in total. The van der Waals surface area contributed by atoms with Gasteiger partial charge in [-0.2, -0.15) is 0 Å². The molecule has 2 rings (SSSR count). The first kappa shape index (κ1) is 14.5. The van der Waals surface area contributed by atoms with Gasteiger partial charge in [0.05, 0.1) is 5.56 Å². The van der Waals surface area contributed by atoms with Crippen molar-refractivity contribution in [1.82, 2.24) is 0 Å². The van der Waals surface area contributed by atoms with Crippen LogP contribution in [0.25, 0.3) is 0 Å². The fourth-order valence-electron chi connectivity index (χ4n) is 1.47. The Balaban J connectivity index is 1.93. The van der Waals surface area contributed by atoms with Crippen LogP contribution < -0.4 is 15.8 Å². The Morgan fingerprint density at radius 3 is 2.85 bits per heavy atom. The minimum Gasteiger partial charge on any atom is -0.484 e. The van der Waals surface area contributed by atoms with Gasteiger partial charge in [0.15, 0.2) is 6.61 Å². The van der Waals surface area contributed by atoms with E-state index in [-0.39, 0.29) is 12.5 Å². The van der Waals surface area contributed by atoms with Crippen LogP contribution in [-0.4, -0.2) is 18.4 Å². The first-order chi connectivity index (χ1) is 9.56. The predicted molar refractivity (Wildman–Crippen MR) is 81.1 cm³/mol. The Morgan fingerprint density at radius 1 is 1.35 bits per heavy atom. The molecule has 20 heavy (non-hydrogen) atoms. The van der Waals surface area contributed by atoms with Gasteiger partial charge in [0.1, 0.15) is 10.8 Å². The second kappa shape index (κ2) is 6.53. The van der Waals surface area contributed by atoms with Gasteiger partial charge < -0.3 is 15.8 Å². The normalized spacial score (nSPS) is 10.1. The second-order valence-electron chi connectivity index (χ2n) is 3.82. The molecule has 1 aromatic heterocycles. The number of nitrogens with two attached hydrogens (primary N) is 1. The maximum atomic E-state index is 11.8. The van der Waals surface area contributed by atoms with Gasteiger partial charge in [0.2, 0.25) is 0 Å². The molecule has 0 saturated carbocycles. The SMILES string of the molecule is NC(=O)c1ccsc1NC(=O)COc1cccc(Br)c1. The number of hydrogen-bond donors (Lipinski definition) is 2. The summed E-state index contributed by atoms with van der Waals surface area (Å²) in [5.41, 5.74) is 5.49. The second-order valence-corrected chi connectivity index (χ2v) is 5.65. The van der Waals surface area contributed by atoms with Crippen LogP contribution in [0.5, 0.6) is 5.75 Å². The van der Waals surface area contributed by atoms with Crippen molar-refractivity contribution >= 4 is 44.1 Å². The van der Waals surface area contributed by atoms with Gasteiger partial charge in [-0.3, -0.25) is 9.59 Å². The molecule has 0 spiro atoms. The summed E-state index contributed by atoms with van der Waals surface area (Å²) in [4.78, 5) is 22.9. The minimum absolute atomic E-state index is 0.146. The number of ether oxygens (including phenoxy) is 1. The maximum absolute atomic E-state index is 11.8. The van der Waals surface area contributed by atoms with Crippen LogP contribution in [0.15, 0.2) is 40.2 Å². The third kappa shape index (κ3) is 3.82. The summed E-state index contributed by atoms with van der Waals surface area (Å²) < 4.78 is 6.21. The molecule has 0 fully saturated rings. The predicted octanol–water partition coefficient (Wildman–Crippen LogP) is 2.63. The van der Waals surface area contributed by atoms with Crippen LogP contribution in [0.3, 0.4) is 0 Å². The third-order valence-electron chi connectivity index (χ3n) is 2.35. The van der Waals surface area contributed by atoms with E-state index < -0.39 is 5.91 Å². The maximum Gasteiger partial charge on any atom is 0.262 e. The Kier molecular flexibility index (Phi) is 4.75. The molecule has 0 aliphatic heterocycles. The first-order valence-corrected chi connectivity index (χ1v) is 7.29. The smallest absolute Gasteiger partial charge is 0.262 e. The summed E-state index contributed by atoms with van der Waals surface area (Å²) in [7, 11) is 0. The van der Waals surface area contributed by atoms with Gasteiger partial charge in [0, 0.05) is 4.47 Å². The van der Waals surface area contributed by atoms with Crippen LogP contribution in [0, 0.1) is 0 Å². The fraction of sp³-hybridized carbons (Fsp3) is 0.0769. The number of rotatable bonds is 5. The van der Waals surface area contributed by atoms with Crippen LogP contribution in [-0.2, 0) is 4.79 Å². The average Bonchev–Trinajstić information content (AvgIpc) is 2.85. The summed E-state index contributed by atoms with van der Waals surface area (Å²) in [5.74, 6) is -0.347. The van der Waals surface area contributed by atoms with Gasteiger partial charge in [-0.15, -0.1) is 11.3 Å². The highest BCUT2D eigenvalue weighted by Gasteiger charge is 2.12. The third-order valence-corrected chi connectivity index (χ3v) is 3.67. The van der Waals surface area contributed by atoms with E-state index in [2.05, 4.69) is 21.2 Å². The van der Waals surface area contributed by atoms with Crippen molar-refractivity contribution in [2.45, 2.75) is 0 Å². The van der Waals surface area contributed by atoms with Gasteiger partial charge in [0.25, 0.3) is 11.8 Å². The molecule has 3 N–H and O–H groups in total. The highest BCUT2D eigenvalue weighted by atomic mass is 79.9. The topological polar surface area (TPSA) is 81.4 Å². The number of hydrogen-bond acceptors (Lipinski definition) is 4. The molecular formula is C13H11BrN2O3S. The monoisotopic (exact) mass is 354 g/mol. The Labute approximate surface area is 127 Å². The molecule has 0 aliphatic rings. The highest BCUT2D eigenvalue weighted by molar-refractivity contribution is 9.10. The molecule has 7 heteroatoms. The number of nitrogens with one attached hydrogen (secondary N) is 1. The van der Waals surface area contributed by atoms with Crippen molar-refractivity contribution in [3.63, 3.8) is 0 Å². The van der Waals surface area contributed by atoms with Crippen molar-refractivity contribution in [2.24, 2.45) is 5.73 Å². The lowest BCUT2D eigenvalue weighted by molar-refractivity contribution is -0.118. The quantitative estimate of drug-likeness (QED) is 0.865. The molecule has 0 saturated heterocycles. The van der Waals surface area contributed by atoms with Gasteiger partial charge in [-0.05, 0) is 29.6 Å². The van der Waals surface area contributed by atoms with Crippen molar-refractivity contribution in [3.8, 4) is 5.75 Å². The summed E-state index contributed by atoms with van der Waals surface area (Å²) >= 11 is 4.55. The van der Waals surface area contributed by atoms with E-state index in [0.717, 1.165) is 4.47 Å². The summed E-state index contributed by atoms with van der Waals surface area (Å²) in [5, 5.41) is 4.72. The Bertz CT molecular complexity index is 642. The number of benzene rings is 1. The lowest BCUT2D eigenvalue weighted by atomic mass is 10.3. The molecule has 104 valence electrons. The number of anilines is 1. The van der Waals surface area contributed by atoms with Crippen LogP contribution >= 0.6 is 27.3 Å². The van der Waals surface area contributed by atoms with Crippen molar-refractivity contribution < 1.29 is 14.3 Å². The van der Waals surface area contributed by atoms with Gasteiger partial charge >= 0.3 is 0 Å². The number of thiophene rings is 1. The zero-order chi connectivity index (χ0) is 14.5. The first-order valence-electron chi connectivity index (χ1n) is 5.62. The van der Waals surface area contributed by atoms with E-state index in [4.69, 9.17) is 10.5 Å². The van der Waals surface area contributed by atoms with E-state index in [9.17, 15) is 9.59 Å². The molecule has 0 atom stereocenters. The lowest BCUT2D eigenvalue weighted by Crippen LogP contribution is -2.21. The molecule has 0 bridgehead atoms. The number of amides is 2. The van der Waals surface area contributed by atoms with E-state index >= 15 is 0 Å². The molecule has 2 amide bonds. The Hall–Kier alpha value is -1.86. The standard InChI is InChI=1S/C13H11BrN2O3S/c14-8-2-1-3-9(6-8)19-7-11(17)16-13-10(12(15)18)4-5-20-13/h1-6H,7H2,(H2,15,18)(H,16,17). The summed E-state index contributed by atoms with van der Waals surface area (Å²) in [6, 6.07) is 8.74. The molecule has 0 aliphatic carbocycles. The largest absolute Gasteiger partial charge is 0.484 e. The number of carbonyl (C=O) groups excluding carboxylic acids is 2. The summed E-state index contributed by atoms with van der Waals surface area (Å²) in [6.07, 6.45) is 0. The van der Waals surface area contributed by atoms with E-state index in [1.165, 1.54) is 11.3 Å². The van der Waals surface area contributed by atoms with E-state index in [1.807, 2.05) is 12.1 Å². The van der Waals surface area contributed by atoms with Gasteiger partial charge in [-0.25, -0.2) is 0 Å². The van der Waals surface area contributed by atoms with Crippen LogP contribution in [0.2, 0.25) is 0 Å². The minimum atomic E-state index is -0.575. The molecule has 0 radical (unpaired) electrons. The molecule has 1 aromatic carbocycles. The van der Waals surface area contributed by atoms with Crippen LogP contribution in [0.4, 0.5) is 5.00 Å².